The van der Waals surface area contributed by atoms with Gasteiger partial charge < -0.3 is 11.1 Å². The third kappa shape index (κ3) is 2.41. The van der Waals surface area contributed by atoms with Gasteiger partial charge in [0.15, 0.2) is 0 Å². The summed E-state index contributed by atoms with van der Waals surface area (Å²) in [5, 5.41) is 3.64. The Morgan fingerprint density at radius 3 is 2.88 bits per heavy atom. The smallest absolute Gasteiger partial charge is 0.229 e. The van der Waals surface area contributed by atoms with Crippen LogP contribution in [0.15, 0.2) is 30.5 Å². The molecule has 1 heterocycles. The molecule has 0 saturated carbocycles. The zero-order chi connectivity index (χ0) is 11.5. The van der Waals surface area contributed by atoms with E-state index in [1.54, 1.807) is 12.3 Å². The van der Waals surface area contributed by atoms with E-state index in [1.807, 2.05) is 25.1 Å². The van der Waals surface area contributed by atoms with Crippen LogP contribution in [0.4, 0.5) is 17.5 Å². The first kappa shape index (κ1) is 10.7. The summed E-state index contributed by atoms with van der Waals surface area (Å²) in [6.07, 6.45) is 1.59. The van der Waals surface area contributed by atoms with Gasteiger partial charge in [0.25, 0.3) is 0 Å². The highest BCUT2D eigenvalue weighted by molar-refractivity contribution is 6.33. The Bertz CT molecular complexity index is 513. The number of nitrogens with two attached hydrogens (primary N) is 1. The molecule has 0 aliphatic carbocycles. The maximum absolute atomic E-state index is 6.04. The molecular weight excluding hydrogens is 224 g/mol. The Morgan fingerprint density at radius 2 is 2.12 bits per heavy atom. The molecule has 4 nitrogen and oxygen atoms in total. The summed E-state index contributed by atoms with van der Waals surface area (Å²) >= 11 is 6.04. The number of nitrogens with one attached hydrogen (secondary N) is 1. The van der Waals surface area contributed by atoms with Crippen molar-refractivity contribution in [1.82, 2.24) is 9.97 Å². The summed E-state index contributed by atoms with van der Waals surface area (Å²) in [7, 11) is 0. The molecule has 0 aliphatic rings. The van der Waals surface area contributed by atoms with E-state index in [0.29, 0.717) is 16.8 Å². The van der Waals surface area contributed by atoms with Gasteiger partial charge in [0, 0.05) is 6.20 Å². The van der Waals surface area contributed by atoms with Crippen molar-refractivity contribution in [2.45, 2.75) is 6.92 Å². The second-order valence-corrected chi connectivity index (χ2v) is 3.82. The third-order valence-corrected chi connectivity index (χ3v) is 2.38. The Morgan fingerprint density at radius 1 is 1.31 bits per heavy atom. The first-order valence-electron chi connectivity index (χ1n) is 4.77. The third-order valence-electron chi connectivity index (χ3n) is 2.05. The summed E-state index contributed by atoms with van der Waals surface area (Å²) in [5.74, 6) is 0.855. The molecule has 0 amide bonds. The Labute approximate surface area is 98.5 Å². The molecule has 2 rings (SSSR count). The van der Waals surface area contributed by atoms with Crippen LogP contribution in [0.5, 0.6) is 0 Å². The zero-order valence-electron chi connectivity index (χ0n) is 8.74. The van der Waals surface area contributed by atoms with Crippen molar-refractivity contribution in [2.75, 3.05) is 11.1 Å². The van der Waals surface area contributed by atoms with Crippen molar-refractivity contribution in [3.8, 4) is 0 Å². The lowest BCUT2D eigenvalue weighted by atomic mass is 10.2. The fourth-order valence-electron chi connectivity index (χ4n) is 1.29. The van der Waals surface area contributed by atoms with E-state index in [-0.39, 0.29) is 0 Å². The van der Waals surface area contributed by atoms with Crippen molar-refractivity contribution in [2.24, 2.45) is 0 Å². The van der Waals surface area contributed by atoms with Gasteiger partial charge in [-0.05, 0) is 30.7 Å². The minimum absolute atomic E-state index is 0.418. The van der Waals surface area contributed by atoms with E-state index < -0.39 is 0 Å². The van der Waals surface area contributed by atoms with E-state index >= 15 is 0 Å². The molecule has 5 heteroatoms. The van der Waals surface area contributed by atoms with Crippen LogP contribution < -0.4 is 11.1 Å². The summed E-state index contributed by atoms with van der Waals surface area (Å²) in [4.78, 5) is 8.08. The van der Waals surface area contributed by atoms with Crippen LogP contribution in [-0.2, 0) is 0 Å². The molecule has 0 aliphatic heterocycles. The number of halogens is 1. The van der Waals surface area contributed by atoms with Crippen LogP contribution in [0.1, 0.15) is 5.56 Å². The van der Waals surface area contributed by atoms with Gasteiger partial charge in [-0.15, -0.1) is 0 Å². The van der Waals surface area contributed by atoms with Gasteiger partial charge in [-0.3, -0.25) is 0 Å². The number of hydrogen-bond acceptors (Lipinski definition) is 4. The Hall–Kier alpha value is -1.81. The van der Waals surface area contributed by atoms with Crippen LogP contribution in [0, 0.1) is 6.92 Å². The van der Waals surface area contributed by atoms with Crippen LogP contribution >= 0.6 is 11.6 Å². The van der Waals surface area contributed by atoms with Crippen LogP contribution in [-0.4, -0.2) is 9.97 Å². The number of nitrogen functional groups attached to an aromatic ring is 1. The largest absolute Gasteiger partial charge is 0.384 e. The standard InChI is InChI=1S/C11H11ClN4/c1-7-2-3-8(12)9(6-7)15-11-14-5-4-10(13)16-11/h2-6H,1H3,(H3,13,14,15,16). The molecule has 3 N–H and O–H groups in total. The molecule has 0 radical (unpaired) electrons. The van der Waals surface area contributed by atoms with Crippen molar-refractivity contribution < 1.29 is 0 Å². The summed E-state index contributed by atoms with van der Waals surface area (Å²) < 4.78 is 0. The molecule has 0 atom stereocenters. The van der Waals surface area contributed by atoms with Gasteiger partial charge in [-0.2, -0.15) is 4.98 Å². The van der Waals surface area contributed by atoms with Crippen molar-refractivity contribution in [3.05, 3.63) is 41.0 Å². The van der Waals surface area contributed by atoms with Gasteiger partial charge in [0.1, 0.15) is 5.82 Å². The number of aromatic nitrogens is 2. The molecule has 0 spiro atoms. The summed E-state index contributed by atoms with van der Waals surface area (Å²) in [5.41, 5.74) is 7.43. The van der Waals surface area contributed by atoms with E-state index in [0.717, 1.165) is 11.3 Å². The number of rotatable bonds is 2. The molecular formula is C11H11ClN4. The highest BCUT2D eigenvalue weighted by atomic mass is 35.5. The van der Waals surface area contributed by atoms with E-state index in [1.165, 1.54) is 0 Å². The minimum Gasteiger partial charge on any atom is -0.384 e. The molecule has 0 unspecified atom stereocenters. The highest BCUT2D eigenvalue weighted by Gasteiger charge is 2.02. The van der Waals surface area contributed by atoms with Gasteiger partial charge in [0.2, 0.25) is 5.95 Å². The second kappa shape index (κ2) is 4.37. The van der Waals surface area contributed by atoms with Gasteiger partial charge in [0.05, 0.1) is 10.7 Å². The summed E-state index contributed by atoms with van der Waals surface area (Å²) in [6, 6.07) is 7.32. The van der Waals surface area contributed by atoms with Crippen molar-refractivity contribution >= 4 is 29.1 Å². The molecule has 82 valence electrons. The molecule has 1 aromatic heterocycles. The topological polar surface area (TPSA) is 63.8 Å². The van der Waals surface area contributed by atoms with E-state index in [2.05, 4.69) is 15.3 Å². The Balaban J connectivity index is 2.30. The van der Waals surface area contributed by atoms with Crippen LogP contribution in [0.3, 0.4) is 0 Å². The normalized spacial score (nSPS) is 10.1. The maximum Gasteiger partial charge on any atom is 0.229 e. The first-order valence-corrected chi connectivity index (χ1v) is 5.14. The quantitative estimate of drug-likeness (QED) is 0.839. The number of nitrogens with zero attached hydrogens (tertiary/aromatic N) is 2. The predicted octanol–water partition coefficient (Wildman–Crippen LogP) is 2.76. The van der Waals surface area contributed by atoms with Gasteiger partial charge >= 0.3 is 0 Å². The zero-order valence-corrected chi connectivity index (χ0v) is 9.49. The average Bonchev–Trinajstić information content (AvgIpc) is 2.24. The molecule has 2 aromatic rings. The Kier molecular flexibility index (Phi) is 2.92. The lowest BCUT2D eigenvalue weighted by molar-refractivity contribution is 1.17. The SMILES string of the molecule is Cc1ccc(Cl)c(Nc2nccc(N)n2)c1. The fourth-order valence-corrected chi connectivity index (χ4v) is 1.45. The van der Waals surface area contributed by atoms with E-state index in [9.17, 15) is 0 Å². The predicted molar refractivity (Wildman–Crippen MR) is 65.9 cm³/mol. The monoisotopic (exact) mass is 234 g/mol. The van der Waals surface area contributed by atoms with Crippen molar-refractivity contribution in [1.29, 1.82) is 0 Å². The number of aryl methyl sites for hydroxylation is 1. The second-order valence-electron chi connectivity index (χ2n) is 3.41. The first-order chi connectivity index (χ1) is 7.65. The van der Waals surface area contributed by atoms with Crippen LogP contribution in [0.25, 0.3) is 0 Å². The van der Waals surface area contributed by atoms with Gasteiger partial charge in [-0.25, -0.2) is 4.98 Å². The molecule has 0 saturated heterocycles. The fraction of sp³-hybridized carbons (Fsp3) is 0.0909. The summed E-state index contributed by atoms with van der Waals surface area (Å²) in [6.45, 7) is 1.99. The van der Waals surface area contributed by atoms with Gasteiger partial charge in [-0.1, -0.05) is 17.7 Å². The highest BCUT2D eigenvalue weighted by Crippen LogP contribution is 2.24. The number of anilines is 3. The molecule has 16 heavy (non-hydrogen) atoms. The minimum atomic E-state index is 0.418. The average molecular weight is 235 g/mol. The molecule has 0 fully saturated rings. The number of benzene rings is 1. The van der Waals surface area contributed by atoms with E-state index in [4.69, 9.17) is 17.3 Å². The number of hydrogen-bond donors (Lipinski definition) is 2. The molecule has 1 aromatic carbocycles. The lowest BCUT2D eigenvalue weighted by Gasteiger charge is -2.07. The lowest BCUT2D eigenvalue weighted by Crippen LogP contribution is -2.00. The van der Waals surface area contributed by atoms with Crippen LogP contribution in [0.2, 0.25) is 5.02 Å². The van der Waals surface area contributed by atoms with Crippen molar-refractivity contribution in [3.63, 3.8) is 0 Å². The molecule has 0 bridgehead atoms. The maximum atomic E-state index is 6.04.